The molecular formula is C17H20FN3. The molecule has 0 radical (unpaired) electrons. The zero-order valence-corrected chi connectivity index (χ0v) is 12.2. The lowest BCUT2D eigenvalue weighted by molar-refractivity contribution is 0.625. The third-order valence-corrected chi connectivity index (χ3v) is 3.76. The third kappa shape index (κ3) is 3.79. The van der Waals surface area contributed by atoms with Crippen molar-refractivity contribution in [3.8, 4) is 0 Å². The predicted molar refractivity (Wildman–Crippen MR) is 82.6 cm³/mol. The van der Waals surface area contributed by atoms with Crippen LogP contribution in [0.2, 0.25) is 0 Å². The van der Waals surface area contributed by atoms with E-state index in [0.29, 0.717) is 12.6 Å². The Balaban J connectivity index is 1.72. The Labute approximate surface area is 124 Å². The minimum absolute atomic E-state index is 0.189. The highest BCUT2D eigenvalue weighted by atomic mass is 19.1. The molecule has 4 heteroatoms. The van der Waals surface area contributed by atoms with Crippen LogP contribution in [0.25, 0.3) is 0 Å². The van der Waals surface area contributed by atoms with Gasteiger partial charge in [-0.25, -0.2) is 4.39 Å². The minimum Gasteiger partial charge on any atom is -0.370 e. The van der Waals surface area contributed by atoms with Crippen LogP contribution in [0.15, 0.2) is 42.7 Å². The molecule has 0 aliphatic heterocycles. The van der Waals surface area contributed by atoms with Gasteiger partial charge < -0.3 is 10.2 Å². The number of halogens is 1. The number of pyridine rings is 1. The molecule has 110 valence electrons. The van der Waals surface area contributed by atoms with Crippen molar-refractivity contribution in [2.45, 2.75) is 32.0 Å². The highest BCUT2D eigenvalue weighted by molar-refractivity contribution is 5.52. The molecule has 1 saturated carbocycles. The van der Waals surface area contributed by atoms with Gasteiger partial charge in [0.2, 0.25) is 0 Å². The highest BCUT2D eigenvalue weighted by Gasteiger charge is 2.20. The highest BCUT2D eigenvalue weighted by Crippen LogP contribution is 2.23. The Morgan fingerprint density at radius 2 is 2.19 bits per heavy atom. The largest absolute Gasteiger partial charge is 0.370 e. The summed E-state index contributed by atoms with van der Waals surface area (Å²) in [5.74, 6) is -0.189. The van der Waals surface area contributed by atoms with Crippen LogP contribution < -0.4 is 10.2 Å². The van der Waals surface area contributed by atoms with Crippen LogP contribution >= 0.6 is 0 Å². The van der Waals surface area contributed by atoms with Crippen LogP contribution in [0.4, 0.5) is 10.1 Å². The maximum absolute atomic E-state index is 13.3. The number of nitrogens with one attached hydrogen (secondary N) is 1. The van der Waals surface area contributed by atoms with Gasteiger partial charge in [0, 0.05) is 49.8 Å². The molecule has 0 saturated heterocycles. The molecular weight excluding hydrogens is 265 g/mol. The predicted octanol–water partition coefficient (Wildman–Crippen LogP) is 3.11. The third-order valence-electron chi connectivity index (χ3n) is 3.76. The van der Waals surface area contributed by atoms with E-state index in [1.807, 2.05) is 25.4 Å². The van der Waals surface area contributed by atoms with E-state index >= 15 is 0 Å². The van der Waals surface area contributed by atoms with Crippen molar-refractivity contribution < 1.29 is 4.39 Å². The molecule has 0 bridgehead atoms. The summed E-state index contributed by atoms with van der Waals surface area (Å²) in [6, 6.07) is 9.44. The van der Waals surface area contributed by atoms with Crippen LogP contribution in [-0.4, -0.2) is 18.1 Å². The van der Waals surface area contributed by atoms with Gasteiger partial charge in [-0.2, -0.15) is 0 Å². The molecule has 3 nitrogen and oxygen atoms in total. The molecule has 1 aromatic carbocycles. The Morgan fingerprint density at radius 1 is 1.33 bits per heavy atom. The molecule has 1 fully saturated rings. The number of aromatic nitrogens is 1. The molecule has 0 unspecified atom stereocenters. The van der Waals surface area contributed by atoms with Crippen molar-refractivity contribution in [1.82, 2.24) is 10.3 Å². The average Bonchev–Trinajstić information content (AvgIpc) is 3.29. The van der Waals surface area contributed by atoms with Gasteiger partial charge >= 0.3 is 0 Å². The SMILES string of the molecule is CN(Cc1cccc(F)c1)c1ccncc1CNC1CC1. The van der Waals surface area contributed by atoms with Crippen LogP contribution in [0.5, 0.6) is 0 Å². The van der Waals surface area contributed by atoms with Gasteiger partial charge in [0.15, 0.2) is 0 Å². The van der Waals surface area contributed by atoms with E-state index in [9.17, 15) is 4.39 Å². The lowest BCUT2D eigenvalue weighted by atomic mass is 10.1. The molecule has 3 rings (SSSR count). The number of benzene rings is 1. The molecule has 1 aliphatic rings. The summed E-state index contributed by atoms with van der Waals surface area (Å²) in [4.78, 5) is 6.36. The molecule has 1 N–H and O–H groups in total. The van der Waals surface area contributed by atoms with Gasteiger partial charge in [-0.1, -0.05) is 12.1 Å². The van der Waals surface area contributed by atoms with Crippen molar-refractivity contribution in [2.75, 3.05) is 11.9 Å². The van der Waals surface area contributed by atoms with Crippen LogP contribution in [0.1, 0.15) is 24.0 Å². The van der Waals surface area contributed by atoms with E-state index in [1.54, 1.807) is 18.3 Å². The summed E-state index contributed by atoms with van der Waals surface area (Å²) >= 11 is 0. The standard InChI is InChI=1S/C17H20FN3/c1-21(12-13-3-2-4-15(18)9-13)17-7-8-19-10-14(17)11-20-16-5-6-16/h2-4,7-10,16,20H,5-6,11-12H2,1H3. The summed E-state index contributed by atoms with van der Waals surface area (Å²) in [6.07, 6.45) is 6.26. The van der Waals surface area contributed by atoms with E-state index in [2.05, 4.69) is 15.2 Å². The first-order chi connectivity index (χ1) is 10.2. The van der Waals surface area contributed by atoms with Gasteiger partial charge in [-0.3, -0.25) is 4.98 Å². The van der Waals surface area contributed by atoms with E-state index in [-0.39, 0.29) is 5.82 Å². The van der Waals surface area contributed by atoms with Crippen LogP contribution in [-0.2, 0) is 13.1 Å². The Morgan fingerprint density at radius 3 is 2.95 bits per heavy atom. The first kappa shape index (κ1) is 14.0. The average molecular weight is 285 g/mol. The van der Waals surface area contributed by atoms with E-state index in [4.69, 9.17) is 0 Å². The van der Waals surface area contributed by atoms with Gasteiger partial charge in [-0.15, -0.1) is 0 Å². The second-order valence-electron chi connectivity index (χ2n) is 5.65. The number of anilines is 1. The zero-order valence-electron chi connectivity index (χ0n) is 12.2. The normalized spacial score (nSPS) is 14.2. The quantitative estimate of drug-likeness (QED) is 0.884. The topological polar surface area (TPSA) is 28.2 Å². The van der Waals surface area contributed by atoms with Gasteiger partial charge in [0.1, 0.15) is 5.82 Å². The summed E-state index contributed by atoms with van der Waals surface area (Å²) < 4.78 is 13.3. The number of nitrogens with zero attached hydrogens (tertiary/aromatic N) is 2. The van der Waals surface area contributed by atoms with E-state index < -0.39 is 0 Å². The molecule has 1 aromatic heterocycles. The lowest BCUT2D eigenvalue weighted by Gasteiger charge is -2.22. The second kappa shape index (κ2) is 6.22. The fourth-order valence-electron chi connectivity index (χ4n) is 2.46. The van der Waals surface area contributed by atoms with Gasteiger partial charge in [-0.05, 0) is 36.6 Å². The monoisotopic (exact) mass is 285 g/mol. The second-order valence-corrected chi connectivity index (χ2v) is 5.65. The summed E-state index contributed by atoms with van der Waals surface area (Å²) in [5.41, 5.74) is 3.29. The zero-order chi connectivity index (χ0) is 14.7. The van der Waals surface area contributed by atoms with Crippen molar-refractivity contribution in [3.05, 3.63) is 59.7 Å². The maximum atomic E-state index is 13.3. The van der Waals surface area contributed by atoms with Crippen molar-refractivity contribution in [3.63, 3.8) is 0 Å². The summed E-state index contributed by atoms with van der Waals surface area (Å²) in [7, 11) is 2.03. The Hall–Kier alpha value is -1.94. The summed E-state index contributed by atoms with van der Waals surface area (Å²) in [5, 5.41) is 3.51. The molecule has 0 spiro atoms. The Kier molecular flexibility index (Phi) is 4.15. The molecule has 0 atom stereocenters. The van der Waals surface area contributed by atoms with Crippen molar-refractivity contribution in [2.24, 2.45) is 0 Å². The van der Waals surface area contributed by atoms with Gasteiger partial charge in [0.05, 0.1) is 0 Å². The lowest BCUT2D eigenvalue weighted by Crippen LogP contribution is -2.21. The first-order valence-electron chi connectivity index (χ1n) is 7.34. The Bertz CT molecular complexity index is 610. The fraction of sp³-hybridized carbons (Fsp3) is 0.353. The minimum atomic E-state index is -0.189. The van der Waals surface area contributed by atoms with Crippen molar-refractivity contribution in [1.29, 1.82) is 0 Å². The summed E-state index contributed by atoms with van der Waals surface area (Å²) in [6.45, 7) is 1.51. The molecule has 1 heterocycles. The van der Waals surface area contributed by atoms with Gasteiger partial charge in [0.25, 0.3) is 0 Å². The number of rotatable bonds is 6. The van der Waals surface area contributed by atoms with E-state index in [0.717, 1.165) is 17.8 Å². The number of hydrogen-bond donors (Lipinski definition) is 1. The van der Waals surface area contributed by atoms with Crippen LogP contribution in [0, 0.1) is 5.82 Å². The fourth-order valence-corrected chi connectivity index (χ4v) is 2.46. The smallest absolute Gasteiger partial charge is 0.123 e. The molecule has 0 amide bonds. The first-order valence-corrected chi connectivity index (χ1v) is 7.34. The maximum Gasteiger partial charge on any atom is 0.123 e. The van der Waals surface area contributed by atoms with E-state index in [1.165, 1.54) is 24.5 Å². The van der Waals surface area contributed by atoms with Crippen molar-refractivity contribution >= 4 is 5.69 Å². The molecule has 21 heavy (non-hydrogen) atoms. The number of hydrogen-bond acceptors (Lipinski definition) is 3. The molecule has 2 aromatic rings. The van der Waals surface area contributed by atoms with Crippen LogP contribution in [0.3, 0.4) is 0 Å². The molecule has 1 aliphatic carbocycles.